The maximum absolute atomic E-state index is 4.96. The first-order valence-corrected chi connectivity index (χ1v) is 11.4. The molecule has 5 heteroatoms. The lowest BCUT2D eigenvalue weighted by Gasteiger charge is -2.40. The molecule has 1 aliphatic carbocycles. The average molecular weight is 402 g/mol. The normalized spacial score (nSPS) is 18.6. The Morgan fingerprint density at radius 3 is 2.33 bits per heavy atom. The molecule has 156 valence electrons. The van der Waals surface area contributed by atoms with E-state index in [9.17, 15) is 0 Å². The first kappa shape index (κ1) is 19.3. The topological polar surface area (TPSA) is 44.3 Å². The van der Waals surface area contributed by atoms with Crippen molar-refractivity contribution in [2.75, 3.05) is 36.4 Å². The molecule has 2 fully saturated rings. The molecule has 0 spiro atoms. The summed E-state index contributed by atoms with van der Waals surface area (Å²) < 4.78 is 0. The minimum absolute atomic E-state index is 0.761. The van der Waals surface area contributed by atoms with Crippen molar-refractivity contribution in [3.05, 3.63) is 60.2 Å². The molecule has 0 amide bonds. The molecule has 1 aliphatic heterocycles. The van der Waals surface area contributed by atoms with E-state index in [1.54, 1.807) is 0 Å². The molecule has 1 saturated carbocycles. The summed E-state index contributed by atoms with van der Waals surface area (Å²) in [5.41, 5.74) is 2.26. The highest BCUT2D eigenvalue weighted by atomic mass is 15.3. The number of rotatable bonds is 5. The van der Waals surface area contributed by atoms with Crippen LogP contribution in [0.25, 0.3) is 10.9 Å². The van der Waals surface area contributed by atoms with Gasteiger partial charge in [-0.15, -0.1) is 0 Å². The van der Waals surface area contributed by atoms with E-state index < -0.39 is 0 Å². The van der Waals surface area contributed by atoms with Gasteiger partial charge in [-0.3, -0.25) is 4.90 Å². The standard InChI is InChI=1S/C25H31N5/c1-3-9-20(10-4-1)19-26-24-22-13-7-8-14-23(22)27-25(28-24)30-17-15-29(16-18-30)21-11-5-2-6-12-21/h1,3-4,7-10,13-14,21H,2,5-6,11-12,15-19H2,(H,26,27,28). The number of nitrogens with zero attached hydrogens (tertiary/aromatic N) is 4. The van der Waals surface area contributed by atoms with Gasteiger partial charge in [0, 0.05) is 44.2 Å². The number of anilines is 2. The number of para-hydroxylation sites is 1. The molecule has 0 bridgehead atoms. The molecule has 0 atom stereocenters. The minimum atomic E-state index is 0.761. The Morgan fingerprint density at radius 2 is 1.53 bits per heavy atom. The van der Waals surface area contributed by atoms with Crippen LogP contribution < -0.4 is 10.2 Å². The summed E-state index contributed by atoms with van der Waals surface area (Å²) in [4.78, 5) is 14.9. The molecule has 0 unspecified atom stereocenters. The minimum Gasteiger partial charge on any atom is -0.365 e. The van der Waals surface area contributed by atoms with Gasteiger partial charge in [0.1, 0.15) is 5.82 Å². The number of piperazine rings is 1. The molecule has 1 N–H and O–H groups in total. The van der Waals surface area contributed by atoms with E-state index in [0.29, 0.717) is 0 Å². The SMILES string of the molecule is c1ccc(CNc2nc(N3CCN(C4CCCCC4)CC3)nc3ccccc23)cc1. The van der Waals surface area contributed by atoms with E-state index in [4.69, 9.17) is 9.97 Å². The van der Waals surface area contributed by atoms with Gasteiger partial charge in [-0.05, 0) is 30.5 Å². The Hall–Kier alpha value is -2.66. The molecule has 2 heterocycles. The number of hydrogen-bond acceptors (Lipinski definition) is 5. The van der Waals surface area contributed by atoms with Crippen LogP contribution in [0.2, 0.25) is 0 Å². The van der Waals surface area contributed by atoms with Crippen molar-refractivity contribution in [2.45, 2.75) is 44.7 Å². The van der Waals surface area contributed by atoms with Gasteiger partial charge in [-0.1, -0.05) is 61.7 Å². The monoisotopic (exact) mass is 401 g/mol. The lowest BCUT2D eigenvalue weighted by molar-refractivity contribution is 0.147. The molecule has 2 aromatic carbocycles. The highest BCUT2D eigenvalue weighted by molar-refractivity contribution is 5.90. The molecular weight excluding hydrogens is 370 g/mol. The quantitative estimate of drug-likeness (QED) is 0.672. The van der Waals surface area contributed by atoms with Crippen LogP contribution in [0.5, 0.6) is 0 Å². The molecule has 30 heavy (non-hydrogen) atoms. The Bertz CT molecular complexity index is 960. The number of hydrogen-bond donors (Lipinski definition) is 1. The van der Waals surface area contributed by atoms with Gasteiger partial charge < -0.3 is 10.2 Å². The van der Waals surface area contributed by atoms with Crippen molar-refractivity contribution in [1.29, 1.82) is 0 Å². The molecule has 2 aliphatic rings. The predicted octanol–water partition coefficient (Wildman–Crippen LogP) is 4.70. The van der Waals surface area contributed by atoms with Gasteiger partial charge in [0.25, 0.3) is 0 Å². The van der Waals surface area contributed by atoms with Gasteiger partial charge in [-0.25, -0.2) is 4.98 Å². The second-order valence-corrected chi connectivity index (χ2v) is 8.54. The van der Waals surface area contributed by atoms with E-state index in [1.807, 2.05) is 0 Å². The fourth-order valence-electron chi connectivity index (χ4n) is 4.86. The molecule has 1 saturated heterocycles. The zero-order valence-corrected chi connectivity index (χ0v) is 17.6. The predicted molar refractivity (Wildman–Crippen MR) is 124 cm³/mol. The van der Waals surface area contributed by atoms with E-state index in [-0.39, 0.29) is 0 Å². The van der Waals surface area contributed by atoms with E-state index in [0.717, 1.165) is 61.4 Å². The summed E-state index contributed by atoms with van der Waals surface area (Å²) in [5, 5.41) is 4.64. The first-order valence-electron chi connectivity index (χ1n) is 11.4. The Morgan fingerprint density at radius 1 is 0.800 bits per heavy atom. The van der Waals surface area contributed by atoms with Gasteiger partial charge in [0.05, 0.1) is 5.52 Å². The highest BCUT2D eigenvalue weighted by Crippen LogP contribution is 2.27. The molecule has 5 nitrogen and oxygen atoms in total. The largest absolute Gasteiger partial charge is 0.365 e. The van der Waals surface area contributed by atoms with Crippen LogP contribution in [0.3, 0.4) is 0 Å². The van der Waals surface area contributed by atoms with Crippen molar-refractivity contribution < 1.29 is 0 Å². The van der Waals surface area contributed by atoms with E-state index in [1.165, 1.54) is 37.7 Å². The molecule has 0 radical (unpaired) electrons. The molecular formula is C25H31N5. The summed E-state index contributed by atoms with van der Waals surface area (Å²) in [7, 11) is 0. The maximum atomic E-state index is 4.96. The Kier molecular flexibility index (Phi) is 5.80. The van der Waals surface area contributed by atoms with Gasteiger partial charge in [0.2, 0.25) is 5.95 Å². The average Bonchev–Trinajstić information content (AvgIpc) is 2.84. The van der Waals surface area contributed by atoms with Crippen LogP contribution in [0.1, 0.15) is 37.7 Å². The Balaban J connectivity index is 1.33. The summed E-state index contributed by atoms with van der Waals surface area (Å²) in [6.07, 6.45) is 6.96. The van der Waals surface area contributed by atoms with Crippen LogP contribution in [0.4, 0.5) is 11.8 Å². The van der Waals surface area contributed by atoms with Gasteiger partial charge >= 0.3 is 0 Å². The van der Waals surface area contributed by atoms with Crippen LogP contribution in [-0.4, -0.2) is 47.1 Å². The van der Waals surface area contributed by atoms with Crippen LogP contribution in [-0.2, 0) is 6.54 Å². The van der Waals surface area contributed by atoms with Crippen LogP contribution in [0.15, 0.2) is 54.6 Å². The summed E-state index contributed by atoms with van der Waals surface area (Å²) in [5.74, 6) is 1.78. The molecule has 3 aromatic rings. The third-order valence-electron chi connectivity index (χ3n) is 6.58. The first-order chi connectivity index (χ1) is 14.9. The zero-order valence-electron chi connectivity index (χ0n) is 17.6. The third-order valence-corrected chi connectivity index (χ3v) is 6.58. The van der Waals surface area contributed by atoms with Gasteiger partial charge in [-0.2, -0.15) is 4.98 Å². The number of nitrogens with one attached hydrogen (secondary N) is 1. The van der Waals surface area contributed by atoms with Crippen molar-refractivity contribution in [1.82, 2.24) is 14.9 Å². The second-order valence-electron chi connectivity index (χ2n) is 8.54. The Labute approximate surface area is 179 Å². The summed E-state index contributed by atoms with van der Waals surface area (Å²) in [6, 6.07) is 19.6. The molecule has 5 rings (SSSR count). The third kappa shape index (κ3) is 4.26. The lowest BCUT2D eigenvalue weighted by atomic mass is 9.94. The summed E-state index contributed by atoms with van der Waals surface area (Å²) in [6.45, 7) is 5.01. The van der Waals surface area contributed by atoms with Crippen LogP contribution in [0, 0.1) is 0 Å². The maximum Gasteiger partial charge on any atom is 0.227 e. The van der Waals surface area contributed by atoms with Gasteiger partial charge in [0.15, 0.2) is 0 Å². The number of benzene rings is 2. The van der Waals surface area contributed by atoms with E-state index in [2.05, 4.69) is 69.7 Å². The smallest absolute Gasteiger partial charge is 0.227 e. The highest BCUT2D eigenvalue weighted by Gasteiger charge is 2.26. The van der Waals surface area contributed by atoms with Crippen LogP contribution >= 0.6 is 0 Å². The molecule has 1 aromatic heterocycles. The lowest BCUT2D eigenvalue weighted by Crippen LogP contribution is -2.51. The fourth-order valence-corrected chi connectivity index (χ4v) is 4.86. The summed E-state index contributed by atoms with van der Waals surface area (Å²) >= 11 is 0. The van der Waals surface area contributed by atoms with Crippen molar-refractivity contribution in [3.63, 3.8) is 0 Å². The van der Waals surface area contributed by atoms with E-state index >= 15 is 0 Å². The van der Waals surface area contributed by atoms with Crippen molar-refractivity contribution >= 4 is 22.7 Å². The van der Waals surface area contributed by atoms with Crippen molar-refractivity contribution in [2.24, 2.45) is 0 Å². The fraction of sp³-hybridized carbons (Fsp3) is 0.440. The number of aromatic nitrogens is 2. The zero-order chi connectivity index (χ0) is 20.2. The second kappa shape index (κ2) is 9.00. The van der Waals surface area contributed by atoms with Crippen molar-refractivity contribution in [3.8, 4) is 0 Å². The number of fused-ring (bicyclic) bond motifs is 1.